The Morgan fingerprint density at radius 2 is 1.89 bits per heavy atom. The summed E-state index contributed by atoms with van der Waals surface area (Å²) in [5.74, 6) is 0.328. The van der Waals surface area contributed by atoms with Crippen molar-refractivity contribution >= 4 is 27.4 Å². The minimum absolute atomic E-state index is 0.182. The molecule has 0 amide bonds. The maximum atomic E-state index is 9.01. The van der Waals surface area contributed by atoms with Crippen molar-refractivity contribution in [2.24, 2.45) is 0 Å². The van der Waals surface area contributed by atoms with E-state index in [2.05, 4.69) is 37.3 Å². The van der Waals surface area contributed by atoms with Crippen molar-refractivity contribution in [2.45, 2.75) is 0 Å². The molecule has 0 spiro atoms. The highest BCUT2D eigenvalue weighted by Crippen LogP contribution is 2.24. The second-order valence-electron chi connectivity index (χ2n) is 3.29. The highest BCUT2D eigenvalue weighted by atomic mass is 79.9. The Morgan fingerprint density at radius 1 is 1.11 bits per heavy atom. The fraction of sp³-hybridized carbons (Fsp3) is 0. The summed E-state index contributed by atoms with van der Waals surface area (Å²) in [4.78, 5) is 7.92. The maximum Gasteiger partial charge on any atom is 0.183 e. The lowest BCUT2D eigenvalue weighted by atomic mass is 10.2. The van der Waals surface area contributed by atoms with Gasteiger partial charge in [-0.2, -0.15) is 10.5 Å². The highest BCUT2D eigenvalue weighted by Gasteiger charge is 2.08. The average Bonchev–Trinajstić information content (AvgIpc) is 2.40. The summed E-state index contributed by atoms with van der Waals surface area (Å²) in [6, 6.07) is 9.19. The van der Waals surface area contributed by atoms with Gasteiger partial charge in [-0.25, -0.2) is 9.97 Å². The first-order valence-corrected chi connectivity index (χ1v) is 5.71. The van der Waals surface area contributed by atoms with Crippen molar-refractivity contribution in [2.75, 3.05) is 5.32 Å². The number of nitriles is 2. The first-order valence-electron chi connectivity index (χ1n) is 4.92. The van der Waals surface area contributed by atoms with E-state index in [1.807, 2.05) is 6.07 Å². The molecule has 86 valence electrons. The van der Waals surface area contributed by atoms with Crippen LogP contribution in [0, 0.1) is 22.7 Å². The van der Waals surface area contributed by atoms with Gasteiger partial charge in [-0.15, -0.1) is 0 Å². The number of benzene rings is 1. The summed E-state index contributed by atoms with van der Waals surface area (Å²) in [5, 5.41) is 20.9. The van der Waals surface area contributed by atoms with E-state index in [0.29, 0.717) is 17.1 Å². The van der Waals surface area contributed by atoms with Gasteiger partial charge >= 0.3 is 0 Å². The van der Waals surface area contributed by atoms with Gasteiger partial charge in [0.05, 0.1) is 11.3 Å². The Balaban J connectivity index is 2.44. The summed E-state index contributed by atoms with van der Waals surface area (Å²) in [6.45, 7) is 0. The van der Waals surface area contributed by atoms with Crippen molar-refractivity contribution in [1.82, 2.24) is 9.97 Å². The number of nitrogens with zero attached hydrogens (tertiary/aromatic N) is 4. The molecule has 0 atom stereocenters. The van der Waals surface area contributed by atoms with Gasteiger partial charge in [0.25, 0.3) is 0 Å². The Morgan fingerprint density at radius 3 is 2.61 bits per heavy atom. The van der Waals surface area contributed by atoms with E-state index in [1.54, 1.807) is 18.2 Å². The van der Waals surface area contributed by atoms with Crippen molar-refractivity contribution in [1.29, 1.82) is 10.5 Å². The predicted molar refractivity (Wildman–Crippen MR) is 68.9 cm³/mol. The van der Waals surface area contributed by atoms with Gasteiger partial charge in [0, 0.05) is 16.9 Å². The minimum atomic E-state index is 0.182. The highest BCUT2D eigenvalue weighted by molar-refractivity contribution is 9.10. The molecule has 0 unspecified atom stereocenters. The normalized spacial score (nSPS) is 9.28. The number of hydrogen-bond donors (Lipinski definition) is 1. The van der Waals surface area contributed by atoms with Crippen LogP contribution >= 0.6 is 15.9 Å². The molecule has 0 fully saturated rings. The monoisotopic (exact) mass is 299 g/mol. The van der Waals surface area contributed by atoms with Gasteiger partial charge in [-0.1, -0.05) is 15.9 Å². The second kappa shape index (κ2) is 5.26. The fourth-order valence-corrected chi connectivity index (χ4v) is 1.72. The fourth-order valence-electron chi connectivity index (χ4n) is 1.36. The zero-order chi connectivity index (χ0) is 13.0. The summed E-state index contributed by atoms with van der Waals surface area (Å²) in [6.07, 6.45) is 2.92. The molecule has 0 aliphatic heterocycles. The third kappa shape index (κ3) is 2.45. The molecule has 0 aliphatic carbocycles. The Hall–Kier alpha value is -2.44. The third-order valence-electron chi connectivity index (χ3n) is 2.16. The van der Waals surface area contributed by atoms with Gasteiger partial charge in [0.15, 0.2) is 11.5 Å². The third-order valence-corrected chi connectivity index (χ3v) is 2.65. The van der Waals surface area contributed by atoms with E-state index in [4.69, 9.17) is 10.5 Å². The van der Waals surface area contributed by atoms with Crippen LogP contribution in [-0.4, -0.2) is 9.97 Å². The zero-order valence-electron chi connectivity index (χ0n) is 9.05. The van der Waals surface area contributed by atoms with E-state index >= 15 is 0 Å². The number of aromatic nitrogens is 2. The smallest absolute Gasteiger partial charge is 0.183 e. The Labute approximate surface area is 112 Å². The molecule has 1 heterocycles. The average molecular weight is 300 g/mol. The van der Waals surface area contributed by atoms with Crippen LogP contribution < -0.4 is 5.32 Å². The van der Waals surface area contributed by atoms with Crippen LogP contribution in [0.15, 0.2) is 35.1 Å². The maximum absolute atomic E-state index is 9.01. The predicted octanol–water partition coefficient (Wildman–Crippen LogP) is 2.73. The van der Waals surface area contributed by atoms with Crippen LogP contribution in [0.3, 0.4) is 0 Å². The van der Waals surface area contributed by atoms with Crippen LogP contribution in [0.2, 0.25) is 0 Å². The van der Waals surface area contributed by atoms with Crippen LogP contribution in [-0.2, 0) is 0 Å². The second-order valence-corrected chi connectivity index (χ2v) is 4.21. The minimum Gasteiger partial charge on any atom is -0.337 e. The molecule has 2 rings (SSSR count). The first-order chi connectivity index (χ1) is 8.74. The molecule has 1 N–H and O–H groups in total. The molecule has 0 saturated heterocycles. The summed E-state index contributed by atoms with van der Waals surface area (Å²) < 4.78 is 0.825. The summed E-state index contributed by atoms with van der Waals surface area (Å²) in [5.41, 5.74) is 1.22. The molecule has 0 bridgehead atoms. The van der Waals surface area contributed by atoms with Crippen LogP contribution in [0.5, 0.6) is 0 Å². The van der Waals surface area contributed by atoms with Crippen LogP contribution in [0.1, 0.15) is 11.3 Å². The number of halogens is 1. The standard InChI is InChI=1S/C12H6BrN5/c13-9-2-1-8(6-14)10(5-9)18-12-11(7-15)16-3-4-17-12/h1-5H,(H,17,18). The van der Waals surface area contributed by atoms with E-state index in [1.165, 1.54) is 12.4 Å². The number of anilines is 2. The number of nitrogens with one attached hydrogen (secondary N) is 1. The van der Waals surface area contributed by atoms with Crippen LogP contribution in [0.4, 0.5) is 11.5 Å². The lowest BCUT2D eigenvalue weighted by Gasteiger charge is -2.08. The van der Waals surface area contributed by atoms with Gasteiger partial charge in [-0.05, 0) is 18.2 Å². The molecule has 0 aliphatic rings. The molecular formula is C12H6BrN5. The topological polar surface area (TPSA) is 85.4 Å². The molecule has 18 heavy (non-hydrogen) atoms. The zero-order valence-corrected chi connectivity index (χ0v) is 10.6. The molecule has 6 heteroatoms. The molecule has 2 aromatic rings. The van der Waals surface area contributed by atoms with Gasteiger partial charge < -0.3 is 5.32 Å². The van der Waals surface area contributed by atoms with Crippen molar-refractivity contribution in [3.8, 4) is 12.1 Å². The molecule has 1 aromatic heterocycles. The summed E-state index contributed by atoms with van der Waals surface area (Å²) in [7, 11) is 0. The molecular weight excluding hydrogens is 294 g/mol. The van der Waals surface area contributed by atoms with E-state index < -0.39 is 0 Å². The summed E-state index contributed by atoms with van der Waals surface area (Å²) >= 11 is 3.32. The number of rotatable bonds is 2. The number of hydrogen-bond acceptors (Lipinski definition) is 5. The van der Waals surface area contributed by atoms with Gasteiger partial charge in [0.1, 0.15) is 12.1 Å². The van der Waals surface area contributed by atoms with Crippen LogP contribution in [0.25, 0.3) is 0 Å². The lowest BCUT2D eigenvalue weighted by molar-refractivity contribution is 1.16. The Bertz CT molecular complexity index is 669. The largest absolute Gasteiger partial charge is 0.337 e. The van der Waals surface area contributed by atoms with Crippen molar-refractivity contribution < 1.29 is 0 Å². The molecule has 5 nitrogen and oxygen atoms in total. The quantitative estimate of drug-likeness (QED) is 0.921. The van der Waals surface area contributed by atoms with Gasteiger partial charge in [-0.3, -0.25) is 0 Å². The van der Waals surface area contributed by atoms with E-state index in [-0.39, 0.29) is 5.69 Å². The van der Waals surface area contributed by atoms with Crippen molar-refractivity contribution in [3.63, 3.8) is 0 Å². The van der Waals surface area contributed by atoms with E-state index in [9.17, 15) is 0 Å². The van der Waals surface area contributed by atoms with Gasteiger partial charge in [0.2, 0.25) is 0 Å². The van der Waals surface area contributed by atoms with E-state index in [0.717, 1.165) is 4.47 Å². The molecule has 0 radical (unpaired) electrons. The first kappa shape index (κ1) is 12.0. The lowest BCUT2D eigenvalue weighted by Crippen LogP contribution is -2.00. The van der Waals surface area contributed by atoms with Crippen molar-refractivity contribution in [3.05, 3.63) is 46.3 Å². The Kier molecular flexibility index (Phi) is 3.52. The SMILES string of the molecule is N#Cc1ccc(Br)cc1Nc1nccnc1C#N. The molecule has 1 aromatic carbocycles. The molecule has 0 saturated carbocycles.